The lowest BCUT2D eigenvalue weighted by molar-refractivity contribution is -0.114. The number of fused-ring (bicyclic) bond motifs is 3. The van der Waals surface area contributed by atoms with Crippen LogP contribution >= 0.6 is 23.4 Å². The third kappa shape index (κ3) is 2.01. The summed E-state index contributed by atoms with van der Waals surface area (Å²) in [6, 6.07) is 12.1. The van der Waals surface area contributed by atoms with Crippen molar-refractivity contribution in [1.82, 2.24) is 0 Å². The number of para-hydroxylation sites is 2. The second kappa shape index (κ2) is 5.04. The van der Waals surface area contributed by atoms with Crippen molar-refractivity contribution in [3.05, 3.63) is 63.8 Å². The lowest BCUT2D eigenvalue weighted by Crippen LogP contribution is -2.31. The van der Waals surface area contributed by atoms with Crippen molar-refractivity contribution in [2.75, 3.05) is 10.2 Å². The molecule has 1 saturated heterocycles. The number of carbonyl (C=O) groups excluding carboxylic acids is 1. The average molecular weight is 333 g/mol. The van der Waals surface area contributed by atoms with Gasteiger partial charge < -0.3 is 5.32 Å². The number of carbonyl (C=O) groups is 1. The fourth-order valence-corrected chi connectivity index (χ4v) is 3.94. The minimum atomic E-state index is -0.436. The van der Waals surface area contributed by atoms with Crippen molar-refractivity contribution < 1.29 is 9.18 Å². The maximum Gasteiger partial charge on any atom is 0.267 e. The van der Waals surface area contributed by atoms with Gasteiger partial charge in [-0.2, -0.15) is 0 Å². The molecule has 0 unspecified atom stereocenters. The Morgan fingerprint density at radius 3 is 2.86 bits per heavy atom. The van der Waals surface area contributed by atoms with Crippen LogP contribution in [0.2, 0.25) is 5.02 Å². The molecule has 2 heterocycles. The van der Waals surface area contributed by atoms with Gasteiger partial charge in [-0.05, 0) is 30.3 Å². The molecule has 3 nitrogen and oxygen atoms in total. The standard InChI is InChI=1S/C16H10ClFN2OS/c17-10-4-3-5-11(18)9(10)8-14-15(21)20-13-7-2-1-6-12(13)19-16(20)22-14/h1-8,16,19H/b14-8-/t16-/m1/s1. The second-order valence-electron chi connectivity index (χ2n) is 4.95. The third-order valence-corrected chi connectivity index (χ3v) is 5.05. The Bertz CT molecular complexity index is 803. The van der Waals surface area contributed by atoms with Crippen LogP contribution in [0.1, 0.15) is 5.56 Å². The zero-order chi connectivity index (χ0) is 15.3. The third-order valence-electron chi connectivity index (χ3n) is 3.62. The molecular weight excluding hydrogens is 323 g/mol. The van der Waals surface area contributed by atoms with Crippen LogP contribution in [0.3, 0.4) is 0 Å². The fraction of sp³-hybridized carbons (Fsp3) is 0.0625. The molecule has 2 aromatic rings. The molecule has 2 aromatic carbocycles. The number of nitrogens with zero attached hydrogens (tertiary/aromatic N) is 1. The topological polar surface area (TPSA) is 32.3 Å². The summed E-state index contributed by atoms with van der Waals surface area (Å²) in [5.41, 5.74) is 1.82. The highest BCUT2D eigenvalue weighted by atomic mass is 35.5. The van der Waals surface area contributed by atoms with E-state index in [1.807, 2.05) is 24.3 Å². The van der Waals surface area contributed by atoms with Gasteiger partial charge in [0.25, 0.3) is 5.91 Å². The van der Waals surface area contributed by atoms with Crippen molar-refractivity contribution in [2.24, 2.45) is 0 Å². The summed E-state index contributed by atoms with van der Waals surface area (Å²) in [7, 11) is 0. The van der Waals surface area contributed by atoms with E-state index in [1.165, 1.54) is 23.9 Å². The summed E-state index contributed by atoms with van der Waals surface area (Å²) in [6.45, 7) is 0. The quantitative estimate of drug-likeness (QED) is 0.790. The van der Waals surface area contributed by atoms with Crippen LogP contribution in [0.4, 0.5) is 15.8 Å². The van der Waals surface area contributed by atoms with Gasteiger partial charge in [0.2, 0.25) is 0 Å². The number of benzene rings is 2. The average Bonchev–Trinajstić information content (AvgIpc) is 3.00. The van der Waals surface area contributed by atoms with Gasteiger partial charge in [0.15, 0.2) is 5.50 Å². The van der Waals surface area contributed by atoms with Crippen LogP contribution in [-0.2, 0) is 4.79 Å². The number of halogens is 2. The molecule has 4 rings (SSSR count). The molecule has 22 heavy (non-hydrogen) atoms. The van der Waals surface area contributed by atoms with Gasteiger partial charge in [0.05, 0.1) is 21.3 Å². The van der Waals surface area contributed by atoms with Gasteiger partial charge in [0, 0.05) is 5.56 Å². The van der Waals surface area contributed by atoms with Gasteiger partial charge >= 0.3 is 0 Å². The minimum Gasteiger partial charge on any atom is -0.354 e. The Hall–Kier alpha value is -1.98. The number of nitrogens with one attached hydrogen (secondary N) is 1. The monoisotopic (exact) mass is 332 g/mol. The Labute approximate surface area is 135 Å². The molecule has 0 aromatic heterocycles. The number of hydrogen-bond acceptors (Lipinski definition) is 3. The van der Waals surface area contributed by atoms with E-state index >= 15 is 0 Å². The Balaban J connectivity index is 1.74. The van der Waals surface area contributed by atoms with Crippen LogP contribution in [0.5, 0.6) is 0 Å². The van der Waals surface area contributed by atoms with E-state index in [9.17, 15) is 9.18 Å². The lowest BCUT2D eigenvalue weighted by Gasteiger charge is -2.12. The molecule has 1 amide bonds. The van der Waals surface area contributed by atoms with E-state index in [0.29, 0.717) is 9.93 Å². The van der Waals surface area contributed by atoms with E-state index in [4.69, 9.17) is 11.6 Å². The molecule has 0 saturated carbocycles. The van der Waals surface area contributed by atoms with E-state index in [2.05, 4.69) is 5.32 Å². The van der Waals surface area contributed by atoms with Crippen LogP contribution in [0.15, 0.2) is 47.4 Å². The number of thioether (sulfide) groups is 1. The molecule has 0 aliphatic carbocycles. The molecule has 2 aliphatic rings. The van der Waals surface area contributed by atoms with Crippen LogP contribution in [-0.4, -0.2) is 11.4 Å². The molecule has 0 bridgehead atoms. The largest absolute Gasteiger partial charge is 0.354 e. The first-order valence-electron chi connectivity index (χ1n) is 6.66. The van der Waals surface area contributed by atoms with Crippen molar-refractivity contribution in [3.63, 3.8) is 0 Å². The lowest BCUT2D eigenvalue weighted by atomic mass is 10.2. The van der Waals surface area contributed by atoms with E-state index in [1.54, 1.807) is 17.0 Å². The Morgan fingerprint density at radius 2 is 2.05 bits per heavy atom. The minimum absolute atomic E-state index is 0.147. The van der Waals surface area contributed by atoms with Gasteiger partial charge in [-0.1, -0.05) is 41.6 Å². The maximum absolute atomic E-state index is 13.9. The molecule has 2 aliphatic heterocycles. The van der Waals surface area contributed by atoms with Crippen molar-refractivity contribution in [3.8, 4) is 0 Å². The van der Waals surface area contributed by atoms with Gasteiger partial charge in [-0.25, -0.2) is 4.39 Å². The summed E-state index contributed by atoms with van der Waals surface area (Å²) < 4.78 is 13.9. The van der Waals surface area contributed by atoms with Gasteiger partial charge in [-0.15, -0.1) is 0 Å². The first kappa shape index (κ1) is 13.7. The highest BCUT2D eigenvalue weighted by Gasteiger charge is 2.42. The SMILES string of the molecule is O=C1/C(=C/c2c(F)cccc2Cl)S[C@@H]2Nc3ccccc3N12. The molecule has 0 radical (unpaired) electrons. The maximum atomic E-state index is 13.9. The summed E-state index contributed by atoms with van der Waals surface area (Å²) in [4.78, 5) is 14.8. The normalized spacial score (nSPS) is 21.0. The van der Waals surface area contributed by atoms with Gasteiger partial charge in [0.1, 0.15) is 5.82 Å². The highest BCUT2D eigenvalue weighted by Crippen LogP contribution is 2.47. The first-order valence-corrected chi connectivity index (χ1v) is 7.92. The summed E-state index contributed by atoms with van der Waals surface area (Å²) in [6.07, 6.45) is 1.52. The number of anilines is 2. The van der Waals surface area contributed by atoms with Crippen LogP contribution in [0, 0.1) is 5.82 Å². The molecule has 0 spiro atoms. The summed E-state index contributed by atoms with van der Waals surface area (Å²) in [5.74, 6) is -0.583. The number of amides is 1. The fourth-order valence-electron chi connectivity index (χ4n) is 2.59. The van der Waals surface area contributed by atoms with Crippen molar-refractivity contribution >= 4 is 46.7 Å². The molecule has 1 atom stereocenters. The highest BCUT2D eigenvalue weighted by molar-refractivity contribution is 8.05. The van der Waals surface area contributed by atoms with Crippen LogP contribution in [0.25, 0.3) is 6.08 Å². The zero-order valence-electron chi connectivity index (χ0n) is 11.2. The van der Waals surface area contributed by atoms with Gasteiger partial charge in [-0.3, -0.25) is 9.69 Å². The summed E-state index contributed by atoms with van der Waals surface area (Å²) in [5, 5.41) is 3.57. The first-order chi connectivity index (χ1) is 10.6. The van der Waals surface area contributed by atoms with Crippen LogP contribution < -0.4 is 10.2 Å². The smallest absolute Gasteiger partial charge is 0.267 e. The molecule has 1 N–H and O–H groups in total. The van der Waals surface area contributed by atoms with E-state index in [0.717, 1.165) is 11.4 Å². The predicted molar refractivity (Wildman–Crippen MR) is 88.3 cm³/mol. The molecule has 110 valence electrons. The predicted octanol–water partition coefficient (Wildman–Crippen LogP) is 4.31. The number of hydrogen-bond donors (Lipinski definition) is 1. The number of rotatable bonds is 1. The molecule has 6 heteroatoms. The van der Waals surface area contributed by atoms with E-state index in [-0.39, 0.29) is 17.0 Å². The Kier molecular flexibility index (Phi) is 3.13. The molecular formula is C16H10ClFN2OS. The van der Waals surface area contributed by atoms with Crippen molar-refractivity contribution in [2.45, 2.75) is 5.50 Å². The summed E-state index contributed by atoms with van der Waals surface area (Å²) >= 11 is 7.38. The Morgan fingerprint density at radius 1 is 1.23 bits per heavy atom. The van der Waals surface area contributed by atoms with E-state index < -0.39 is 5.82 Å². The second-order valence-corrected chi connectivity index (χ2v) is 6.48. The molecule has 1 fully saturated rings. The van der Waals surface area contributed by atoms with Crippen molar-refractivity contribution in [1.29, 1.82) is 0 Å². The zero-order valence-corrected chi connectivity index (χ0v) is 12.8.